The van der Waals surface area contributed by atoms with E-state index in [9.17, 15) is 0 Å². The van der Waals surface area contributed by atoms with Crippen LogP contribution in [-0.4, -0.2) is 4.98 Å². The van der Waals surface area contributed by atoms with E-state index in [-0.39, 0.29) is 6.04 Å². The molecule has 3 unspecified atom stereocenters. The molecular weight excluding hydrogens is 222 g/mol. The SMILES string of the molecule is Cc1cccnc1C(NN)C1CC(C)CC(C)C1. The fraction of sp³-hybridized carbons (Fsp3) is 0.667. The van der Waals surface area contributed by atoms with Gasteiger partial charge in [0, 0.05) is 6.20 Å². The number of rotatable bonds is 3. The Morgan fingerprint density at radius 1 is 1.28 bits per heavy atom. The molecule has 2 rings (SSSR count). The van der Waals surface area contributed by atoms with Crippen LogP contribution in [0.2, 0.25) is 0 Å². The van der Waals surface area contributed by atoms with Crippen molar-refractivity contribution in [2.45, 2.75) is 46.1 Å². The molecule has 1 aliphatic rings. The second-order valence-electron chi connectivity index (χ2n) is 6.03. The Labute approximate surface area is 110 Å². The summed E-state index contributed by atoms with van der Waals surface area (Å²) in [6.07, 6.45) is 5.70. The summed E-state index contributed by atoms with van der Waals surface area (Å²) in [5, 5.41) is 0. The van der Waals surface area contributed by atoms with Crippen LogP contribution >= 0.6 is 0 Å². The Morgan fingerprint density at radius 2 is 1.94 bits per heavy atom. The summed E-state index contributed by atoms with van der Waals surface area (Å²) in [6.45, 7) is 6.81. The lowest BCUT2D eigenvalue weighted by atomic mass is 9.73. The third-order valence-corrected chi connectivity index (χ3v) is 4.21. The van der Waals surface area contributed by atoms with E-state index in [1.807, 2.05) is 12.3 Å². The molecule has 100 valence electrons. The van der Waals surface area contributed by atoms with E-state index in [4.69, 9.17) is 5.84 Å². The number of nitrogens with zero attached hydrogens (tertiary/aromatic N) is 1. The second-order valence-corrected chi connectivity index (χ2v) is 6.03. The quantitative estimate of drug-likeness (QED) is 0.638. The fourth-order valence-corrected chi connectivity index (χ4v) is 3.54. The van der Waals surface area contributed by atoms with Crippen LogP contribution in [0.4, 0.5) is 0 Å². The smallest absolute Gasteiger partial charge is 0.0663 e. The van der Waals surface area contributed by atoms with Gasteiger partial charge in [0.25, 0.3) is 0 Å². The Bertz CT molecular complexity index is 381. The molecule has 1 heterocycles. The van der Waals surface area contributed by atoms with Gasteiger partial charge >= 0.3 is 0 Å². The summed E-state index contributed by atoms with van der Waals surface area (Å²) in [6, 6.07) is 4.29. The third kappa shape index (κ3) is 2.90. The molecule has 1 aromatic rings. The highest BCUT2D eigenvalue weighted by Gasteiger charge is 2.31. The lowest BCUT2D eigenvalue weighted by Crippen LogP contribution is -2.37. The van der Waals surface area contributed by atoms with Gasteiger partial charge in [-0.2, -0.15) is 0 Å². The van der Waals surface area contributed by atoms with Crippen molar-refractivity contribution in [2.75, 3.05) is 0 Å². The highest BCUT2D eigenvalue weighted by atomic mass is 15.2. The van der Waals surface area contributed by atoms with Gasteiger partial charge in [-0.3, -0.25) is 16.3 Å². The van der Waals surface area contributed by atoms with Crippen LogP contribution in [0.25, 0.3) is 0 Å². The van der Waals surface area contributed by atoms with E-state index in [0.29, 0.717) is 5.92 Å². The largest absolute Gasteiger partial charge is 0.271 e. The summed E-state index contributed by atoms with van der Waals surface area (Å²) in [5.74, 6) is 7.99. The highest BCUT2D eigenvalue weighted by Crippen LogP contribution is 2.39. The normalized spacial score (nSPS) is 30.1. The molecule has 0 bridgehead atoms. The number of hydrazine groups is 1. The Morgan fingerprint density at radius 3 is 2.50 bits per heavy atom. The zero-order valence-electron chi connectivity index (χ0n) is 11.7. The van der Waals surface area contributed by atoms with E-state index < -0.39 is 0 Å². The van der Waals surface area contributed by atoms with Crippen molar-refractivity contribution in [1.82, 2.24) is 10.4 Å². The minimum Gasteiger partial charge on any atom is -0.271 e. The Kier molecular flexibility index (Phi) is 4.36. The van der Waals surface area contributed by atoms with Gasteiger partial charge < -0.3 is 0 Å². The first kappa shape index (κ1) is 13.5. The molecule has 18 heavy (non-hydrogen) atoms. The first-order valence-electron chi connectivity index (χ1n) is 6.99. The van der Waals surface area contributed by atoms with Crippen molar-refractivity contribution >= 4 is 0 Å². The van der Waals surface area contributed by atoms with Gasteiger partial charge in [0.05, 0.1) is 11.7 Å². The van der Waals surface area contributed by atoms with Gasteiger partial charge in [-0.15, -0.1) is 0 Å². The fourth-order valence-electron chi connectivity index (χ4n) is 3.54. The van der Waals surface area contributed by atoms with Crippen molar-refractivity contribution in [3.63, 3.8) is 0 Å². The number of nitrogens with one attached hydrogen (secondary N) is 1. The summed E-state index contributed by atoms with van der Waals surface area (Å²) in [4.78, 5) is 4.53. The molecule has 1 fully saturated rings. The maximum Gasteiger partial charge on any atom is 0.0663 e. The Hall–Kier alpha value is -0.930. The number of pyridine rings is 1. The van der Waals surface area contributed by atoms with Crippen molar-refractivity contribution in [3.05, 3.63) is 29.6 Å². The van der Waals surface area contributed by atoms with E-state index in [1.165, 1.54) is 24.8 Å². The maximum absolute atomic E-state index is 5.81. The van der Waals surface area contributed by atoms with Gasteiger partial charge in [-0.05, 0) is 55.6 Å². The molecule has 0 radical (unpaired) electrons. The molecule has 3 N–H and O–H groups in total. The predicted octanol–water partition coefficient (Wildman–Crippen LogP) is 2.97. The molecular formula is C15H25N3. The standard InChI is InChI=1S/C15H25N3/c1-10-7-11(2)9-13(8-10)15(18-16)14-12(3)5-4-6-17-14/h4-6,10-11,13,15,18H,7-9,16H2,1-3H3. The van der Waals surface area contributed by atoms with Gasteiger partial charge in [0.15, 0.2) is 0 Å². The monoisotopic (exact) mass is 247 g/mol. The molecule has 1 aliphatic carbocycles. The lowest BCUT2D eigenvalue weighted by Gasteiger charge is -2.36. The van der Waals surface area contributed by atoms with E-state index in [1.54, 1.807) is 0 Å². The average Bonchev–Trinajstić information content (AvgIpc) is 2.31. The van der Waals surface area contributed by atoms with E-state index in [0.717, 1.165) is 17.5 Å². The van der Waals surface area contributed by atoms with Gasteiger partial charge in [0.1, 0.15) is 0 Å². The maximum atomic E-state index is 5.81. The first-order valence-corrected chi connectivity index (χ1v) is 6.99. The van der Waals surface area contributed by atoms with Crippen molar-refractivity contribution in [2.24, 2.45) is 23.6 Å². The lowest BCUT2D eigenvalue weighted by molar-refractivity contribution is 0.174. The number of hydrogen-bond donors (Lipinski definition) is 2. The molecule has 0 saturated heterocycles. The van der Waals surface area contributed by atoms with Gasteiger partial charge in [-0.25, -0.2) is 0 Å². The van der Waals surface area contributed by atoms with Crippen LogP contribution in [0.15, 0.2) is 18.3 Å². The molecule has 3 atom stereocenters. The van der Waals surface area contributed by atoms with E-state index in [2.05, 4.69) is 37.2 Å². The minimum atomic E-state index is 0.191. The number of aryl methyl sites for hydroxylation is 1. The summed E-state index contributed by atoms with van der Waals surface area (Å²) >= 11 is 0. The molecule has 3 heteroatoms. The van der Waals surface area contributed by atoms with Gasteiger partial charge in [0.2, 0.25) is 0 Å². The molecule has 0 aromatic carbocycles. The van der Waals surface area contributed by atoms with Crippen molar-refractivity contribution in [1.29, 1.82) is 0 Å². The van der Waals surface area contributed by atoms with Crippen LogP contribution in [0.1, 0.15) is 50.4 Å². The average molecular weight is 247 g/mol. The highest BCUT2D eigenvalue weighted by molar-refractivity contribution is 5.21. The molecule has 0 amide bonds. The second kappa shape index (κ2) is 5.81. The number of aromatic nitrogens is 1. The summed E-state index contributed by atoms with van der Waals surface area (Å²) in [7, 11) is 0. The minimum absolute atomic E-state index is 0.191. The molecule has 1 saturated carbocycles. The summed E-state index contributed by atoms with van der Waals surface area (Å²) in [5.41, 5.74) is 5.35. The number of hydrogen-bond acceptors (Lipinski definition) is 3. The number of nitrogens with two attached hydrogens (primary N) is 1. The van der Waals surface area contributed by atoms with Crippen LogP contribution in [0, 0.1) is 24.7 Å². The van der Waals surface area contributed by atoms with Gasteiger partial charge in [-0.1, -0.05) is 19.9 Å². The molecule has 3 nitrogen and oxygen atoms in total. The first-order chi connectivity index (χ1) is 8.61. The molecule has 1 aromatic heterocycles. The Balaban J connectivity index is 2.20. The van der Waals surface area contributed by atoms with E-state index >= 15 is 0 Å². The zero-order chi connectivity index (χ0) is 13.1. The van der Waals surface area contributed by atoms with Crippen LogP contribution < -0.4 is 11.3 Å². The van der Waals surface area contributed by atoms with Crippen LogP contribution in [-0.2, 0) is 0 Å². The summed E-state index contributed by atoms with van der Waals surface area (Å²) < 4.78 is 0. The van der Waals surface area contributed by atoms with Crippen LogP contribution in [0.5, 0.6) is 0 Å². The topological polar surface area (TPSA) is 50.9 Å². The molecule has 0 spiro atoms. The zero-order valence-corrected chi connectivity index (χ0v) is 11.7. The van der Waals surface area contributed by atoms with Crippen molar-refractivity contribution < 1.29 is 0 Å². The van der Waals surface area contributed by atoms with Crippen LogP contribution in [0.3, 0.4) is 0 Å². The molecule has 0 aliphatic heterocycles. The third-order valence-electron chi connectivity index (χ3n) is 4.21. The van der Waals surface area contributed by atoms with Crippen molar-refractivity contribution in [3.8, 4) is 0 Å². The predicted molar refractivity (Wildman–Crippen MR) is 74.7 cm³/mol.